The van der Waals surface area contributed by atoms with Crippen LogP contribution in [-0.2, 0) is 0 Å². The van der Waals surface area contributed by atoms with Crippen molar-refractivity contribution in [1.29, 1.82) is 0 Å². The zero-order valence-electron chi connectivity index (χ0n) is 11.1. The van der Waals surface area contributed by atoms with E-state index in [1.165, 1.54) is 25.7 Å². The van der Waals surface area contributed by atoms with Crippen LogP contribution in [-0.4, -0.2) is 37.1 Å². The zero-order chi connectivity index (χ0) is 11.5. The molecule has 2 nitrogen and oxygen atoms in total. The third-order valence-corrected chi connectivity index (χ3v) is 3.91. The Labute approximate surface area is 95.4 Å². The van der Waals surface area contributed by atoms with Crippen LogP contribution in [0.2, 0.25) is 0 Å². The van der Waals surface area contributed by atoms with Crippen LogP contribution < -0.4 is 5.32 Å². The Bertz CT molecular complexity index is 183. The predicted molar refractivity (Wildman–Crippen MR) is 67.2 cm³/mol. The van der Waals surface area contributed by atoms with Crippen molar-refractivity contribution in [2.45, 2.75) is 58.0 Å². The molecule has 2 heteroatoms. The average molecular weight is 212 g/mol. The van der Waals surface area contributed by atoms with Gasteiger partial charge in [0.25, 0.3) is 0 Å². The number of hydrogen-bond acceptors (Lipinski definition) is 2. The van der Waals surface area contributed by atoms with Crippen molar-refractivity contribution in [3.05, 3.63) is 0 Å². The lowest BCUT2D eigenvalue weighted by atomic mass is 9.89. The Morgan fingerprint density at radius 2 is 1.93 bits per heavy atom. The fourth-order valence-corrected chi connectivity index (χ4v) is 1.94. The van der Waals surface area contributed by atoms with Gasteiger partial charge in [-0.2, -0.15) is 0 Å². The average Bonchev–Trinajstić information content (AvgIpc) is 2.95. The summed E-state index contributed by atoms with van der Waals surface area (Å²) in [6.07, 6.45) is 5.48. The topological polar surface area (TPSA) is 15.3 Å². The van der Waals surface area contributed by atoms with E-state index in [-0.39, 0.29) is 5.54 Å². The molecule has 0 saturated heterocycles. The van der Waals surface area contributed by atoms with Crippen molar-refractivity contribution in [1.82, 2.24) is 10.2 Å². The van der Waals surface area contributed by atoms with E-state index in [0.717, 1.165) is 12.5 Å². The molecule has 1 aliphatic carbocycles. The lowest BCUT2D eigenvalue weighted by molar-refractivity contribution is 0.129. The minimum absolute atomic E-state index is 0.262. The number of hydrogen-bond donors (Lipinski definition) is 1. The van der Waals surface area contributed by atoms with Crippen molar-refractivity contribution >= 4 is 0 Å². The van der Waals surface area contributed by atoms with Crippen molar-refractivity contribution in [2.24, 2.45) is 5.92 Å². The molecule has 1 unspecified atom stereocenters. The highest BCUT2D eigenvalue weighted by atomic mass is 15.2. The van der Waals surface area contributed by atoms with Gasteiger partial charge < -0.3 is 10.2 Å². The largest absolute Gasteiger partial charge is 0.312 e. The molecule has 1 saturated carbocycles. The van der Waals surface area contributed by atoms with Gasteiger partial charge in [0.15, 0.2) is 0 Å². The van der Waals surface area contributed by atoms with Crippen LogP contribution >= 0.6 is 0 Å². The highest BCUT2D eigenvalue weighted by molar-refractivity contribution is 4.94. The fourth-order valence-electron chi connectivity index (χ4n) is 1.94. The van der Waals surface area contributed by atoms with E-state index in [1.807, 2.05) is 0 Å². The van der Waals surface area contributed by atoms with Gasteiger partial charge in [0.2, 0.25) is 0 Å². The molecule has 1 N–H and O–H groups in total. The highest BCUT2D eigenvalue weighted by Gasteiger charge is 2.35. The molecule has 0 heterocycles. The summed E-state index contributed by atoms with van der Waals surface area (Å²) in [5, 5.41) is 3.72. The molecule has 0 amide bonds. The lowest BCUT2D eigenvalue weighted by Gasteiger charge is -2.41. The van der Waals surface area contributed by atoms with Crippen molar-refractivity contribution in [2.75, 3.05) is 20.6 Å². The number of nitrogens with one attached hydrogen (secondary N) is 1. The van der Waals surface area contributed by atoms with Gasteiger partial charge in [-0.05, 0) is 53.2 Å². The molecule has 90 valence electrons. The third kappa shape index (κ3) is 3.76. The summed E-state index contributed by atoms with van der Waals surface area (Å²) in [5.41, 5.74) is 0.262. The second-order valence-corrected chi connectivity index (χ2v) is 5.73. The van der Waals surface area contributed by atoms with E-state index >= 15 is 0 Å². The Morgan fingerprint density at radius 1 is 1.33 bits per heavy atom. The Morgan fingerprint density at radius 3 is 2.33 bits per heavy atom. The van der Waals surface area contributed by atoms with Gasteiger partial charge in [-0.3, -0.25) is 0 Å². The third-order valence-electron chi connectivity index (χ3n) is 3.91. The van der Waals surface area contributed by atoms with Gasteiger partial charge in [0.05, 0.1) is 0 Å². The van der Waals surface area contributed by atoms with E-state index in [1.54, 1.807) is 0 Å². The fraction of sp³-hybridized carbons (Fsp3) is 1.00. The molecule has 1 aliphatic rings. The number of nitrogens with zero attached hydrogens (tertiary/aromatic N) is 1. The van der Waals surface area contributed by atoms with E-state index in [4.69, 9.17) is 0 Å². The minimum atomic E-state index is 0.262. The molecule has 0 aromatic heterocycles. The molecule has 15 heavy (non-hydrogen) atoms. The van der Waals surface area contributed by atoms with E-state index in [0.29, 0.717) is 6.04 Å². The Balaban J connectivity index is 2.51. The molecule has 0 radical (unpaired) electrons. The highest BCUT2D eigenvalue weighted by Crippen LogP contribution is 2.36. The predicted octanol–water partition coefficient (Wildman–Crippen LogP) is 2.49. The Kier molecular flexibility index (Phi) is 4.60. The van der Waals surface area contributed by atoms with E-state index in [9.17, 15) is 0 Å². The van der Waals surface area contributed by atoms with Crippen LogP contribution in [0.25, 0.3) is 0 Å². The van der Waals surface area contributed by atoms with Crippen molar-refractivity contribution < 1.29 is 0 Å². The summed E-state index contributed by atoms with van der Waals surface area (Å²) >= 11 is 0. The van der Waals surface area contributed by atoms with Crippen LogP contribution in [0.5, 0.6) is 0 Å². The molecule has 0 aliphatic heterocycles. The van der Waals surface area contributed by atoms with Crippen LogP contribution in [0.15, 0.2) is 0 Å². The summed E-state index contributed by atoms with van der Waals surface area (Å²) in [4.78, 5) is 2.35. The monoisotopic (exact) mass is 212 g/mol. The van der Waals surface area contributed by atoms with Gasteiger partial charge in [0, 0.05) is 11.6 Å². The lowest BCUT2D eigenvalue weighted by Crippen LogP contribution is -2.55. The molecule has 0 aromatic rings. The molecule has 0 bridgehead atoms. The summed E-state index contributed by atoms with van der Waals surface area (Å²) in [6, 6.07) is 0.639. The first kappa shape index (κ1) is 13.0. The van der Waals surface area contributed by atoms with Crippen LogP contribution in [0, 0.1) is 5.92 Å². The number of rotatable bonds is 7. The summed E-state index contributed by atoms with van der Waals surface area (Å²) < 4.78 is 0. The molecule has 0 aromatic carbocycles. The van der Waals surface area contributed by atoms with E-state index < -0.39 is 0 Å². The van der Waals surface area contributed by atoms with Gasteiger partial charge >= 0.3 is 0 Å². The first-order valence-electron chi connectivity index (χ1n) is 6.39. The van der Waals surface area contributed by atoms with Gasteiger partial charge in [-0.25, -0.2) is 0 Å². The maximum absolute atomic E-state index is 3.72. The molecular weight excluding hydrogens is 184 g/mol. The SMILES string of the molecule is CCCNC(CC1CC1)C(C)(C)N(C)C. The van der Waals surface area contributed by atoms with Crippen LogP contribution in [0.1, 0.15) is 46.5 Å². The summed E-state index contributed by atoms with van der Waals surface area (Å²) in [7, 11) is 4.38. The Hall–Kier alpha value is -0.0800. The second kappa shape index (κ2) is 5.31. The van der Waals surface area contributed by atoms with Crippen LogP contribution in [0.3, 0.4) is 0 Å². The molecule has 1 rings (SSSR count). The van der Waals surface area contributed by atoms with Crippen molar-refractivity contribution in [3.63, 3.8) is 0 Å². The standard InChI is InChI=1S/C13H28N2/c1-6-9-14-12(10-11-7-8-11)13(2,3)15(4)5/h11-12,14H,6-10H2,1-5H3. The molecule has 1 fully saturated rings. The van der Waals surface area contributed by atoms with E-state index in [2.05, 4.69) is 45.1 Å². The van der Waals surface area contributed by atoms with Gasteiger partial charge in [-0.15, -0.1) is 0 Å². The second-order valence-electron chi connectivity index (χ2n) is 5.73. The summed E-state index contributed by atoms with van der Waals surface area (Å²) in [5.74, 6) is 0.999. The molecule has 0 spiro atoms. The quantitative estimate of drug-likeness (QED) is 0.697. The number of likely N-dealkylation sites (N-methyl/N-ethyl adjacent to an activating group) is 1. The van der Waals surface area contributed by atoms with Gasteiger partial charge in [-0.1, -0.05) is 19.8 Å². The first-order valence-corrected chi connectivity index (χ1v) is 6.39. The molecule has 1 atom stereocenters. The van der Waals surface area contributed by atoms with Crippen molar-refractivity contribution in [3.8, 4) is 0 Å². The summed E-state index contributed by atoms with van der Waals surface area (Å²) in [6.45, 7) is 8.09. The van der Waals surface area contributed by atoms with Gasteiger partial charge in [0.1, 0.15) is 0 Å². The first-order chi connectivity index (χ1) is 6.98. The maximum atomic E-state index is 3.72. The normalized spacial score (nSPS) is 19.6. The molecular formula is C13H28N2. The maximum Gasteiger partial charge on any atom is 0.0300 e. The van der Waals surface area contributed by atoms with Crippen LogP contribution in [0.4, 0.5) is 0 Å². The minimum Gasteiger partial charge on any atom is -0.312 e. The smallest absolute Gasteiger partial charge is 0.0300 e. The zero-order valence-corrected chi connectivity index (χ0v) is 11.1.